The van der Waals surface area contributed by atoms with E-state index < -0.39 is 6.61 Å². The van der Waals surface area contributed by atoms with Crippen molar-refractivity contribution in [3.8, 4) is 5.75 Å². The summed E-state index contributed by atoms with van der Waals surface area (Å²) < 4.78 is 29.2. The van der Waals surface area contributed by atoms with Crippen molar-refractivity contribution in [2.75, 3.05) is 19.6 Å². The molecule has 1 aromatic rings. The quantitative estimate of drug-likeness (QED) is 0.835. The first-order valence-corrected chi connectivity index (χ1v) is 7.63. The van der Waals surface area contributed by atoms with E-state index in [0.29, 0.717) is 6.04 Å². The highest BCUT2D eigenvalue weighted by atomic mass is 19.3. The zero-order chi connectivity index (χ0) is 15.2. The molecule has 5 heteroatoms. The molecule has 1 aromatic carbocycles. The van der Waals surface area contributed by atoms with E-state index in [1.165, 1.54) is 0 Å². The Labute approximate surface area is 125 Å². The second-order valence-electron chi connectivity index (χ2n) is 5.51. The van der Waals surface area contributed by atoms with Gasteiger partial charge in [0.25, 0.3) is 0 Å². The van der Waals surface area contributed by atoms with Gasteiger partial charge in [-0.25, -0.2) is 0 Å². The van der Waals surface area contributed by atoms with E-state index >= 15 is 0 Å². The van der Waals surface area contributed by atoms with Gasteiger partial charge in [0.15, 0.2) is 0 Å². The fourth-order valence-electron chi connectivity index (χ4n) is 3.02. The lowest BCUT2D eigenvalue weighted by Gasteiger charge is -2.34. The molecule has 1 aliphatic rings. The molecule has 0 radical (unpaired) electrons. The van der Waals surface area contributed by atoms with Gasteiger partial charge in [-0.1, -0.05) is 19.1 Å². The zero-order valence-electron chi connectivity index (χ0n) is 12.7. The van der Waals surface area contributed by atoms with Crippen LogP contribution in [-0.4, -0.2) is 37.2 Å². The molecule has 2 unspecified atom stereocenters. The fraction of sp³-hybridized carbons (Fsp3) is 0.625. The molecule has 2 rings (SSSR count). The van der Waals surface area contributed by atoms with Crippen molar-refractivity contribution in [1.82, 2.24) is 10.2 Å². The summed E-state index contributed by atoms with van der Waals surface area (Å²) in [6, 6.07) is 7.76. The van der Waals surface area contributed by atoms with Crippen LogP contribution in [0.5, 0.6) is 5.75 Å². The van der Waals surface area contributed by atoms with Crippen molar-refractivity contribution in [3.05, 3.63) is 29.8 Å². The van der Waals surface area contributed by atoms with Crippen LogP contribution in [0.4, 0.5) is 8.78 Å². The smallest absolute Gasteiger partial charge is 0.387 e. The SMILES string of the molecule is CCCN(C1CCNC1)C(C)c1cccc(OC(F)F)c1. The summed E-state index contributed by atoms with van der Waals surface area (Å²) in [7, 11) is 0. The van der Waals surface area contributed by atoms with Crippen LogP contribution in [-0.2, 0) is 0 Å². The highest BCUT2D eigenvalue weighted by molar-refractivity contribution is 5.30. The second-order valence-corrected chi connectivity index (χ2v) is 5.51. The van der Waals surface area contributed by atoms with Crippen LogP contribution in [0.1, 0.15) is 38.3 Å². The lowest BCUT2D eigenvalue weighted by molar-refractivity contribution is -0.0499. The molecule has 3 nitrogen and oxygen atoms in total. The molecule has 0 spiro atoms. The molecule has 0 aliphatic carbocycles. The number of alkyl halides is 2. The molecule has 0 aromatic heterocycles. The minimum Gasteiger partial charge on any atom is -0.435 e. The summed E-state index contributed by atoms with van der Waals surface area (Å²) >= 11 is 0. The summed E-state index contributed by atoms with van der Waals surface area (Å²) in [5, 5.41) is 3.39. The van der Waals surface area contributed by atoms with Gasteiger partial charge in [0, 0.05) is 18.6 Å². The summed E-state index contributed by atoms with van der Waals surface area (Å²) in [5.41, 5.74) is 1.02. The van der Waals surface area contributed by atoms with Gasteiger partial charge in [-0.2, -0.15) is 8.78 Å². The molecule has 118 valence electrons. The van der Waals surface area contributed by atoms with Gasteiger partial charge in [0.05, 0.1) is 0 Å². The Kier molecular flexibility index (Phi) is 5.94. The molecule has 1 fully saturated rings. The normalized spacial score (nSPS) is 20.2. The standard InChI is InChI=1S/C16H24F2N2O/c1-3-9-20(14-7-8-19-11-14)12(2)13-5-4-6-15(10-13)21-16(17)18/h4-6,10,12,14,16,19H,3,7-9,11H2,1-2H3. The first kappa shape index (κ1) is 16.2. The monoisotopic (exact) mass is 298 g/mol. The maximum atomic E-state index is 12.3. The zero-order valence-corrected chi connectivity index (χ0v) is 12.7. The predicted molar refractivity (Wildman–Crippen MR) is 79.8 cm³/mol. The van der Waals surface area contributed by atoms with Gasteiger partial charge < -0.3 is 10.1 Å². The first-order chi connectivity index (χ1) is 10.1. The largest absolute Gasteiger partial charge is 0.435 e. The van der Waals surface area contributed by atoms with Crippen LogP contribution in [0.25, 0.3) is 0 Å². The molecule has 1 saturated heterocycles. The minimum absolute atomic E-state index is 0.191. The summed E-state index contributed by atoms with van der Waals surface area (Å²) in [4.78, 5) is 2.46. The number of benzene rings is 1. The van der Waals surface area contributed by atoms with Crippen molar-refractivity contribution < 1.29 is 13.5 Å². The molecule has 0 saturated carbocycles. The molecule has 2 atom stereocenters. The molecule has 1 aliphatic heterocycles. The molecule has 1 heterocycles. The Morgan fingerprint density at radius 1 is 1.43 bits per heavy atom. The molecular formula is C16H24F2N2O. The number of hydrogen-bond donors (Lipinski definition) is 1. The minimum atomic E-state index is -2.78. The van der Waals surface area contributed by atoms with Gasteiger partial charge in [-0.05, 0) is 50.6 Å². The number of ether oxygens (including phenoxy) is 1. The predicted octanol–water partition coefficient (Wildman–Crippen LogP) is 3.42. The van der Waals surface area contributed by atoms with Crippen molar-refractivity contribution in [3.63, 3.8) is 0 Å². The second kappa shape index (κ2) is 7.71. The van der Waals surface area contributed by atoms with Crippen LogP contribution in [0.15, 0.2) is 24.3 Å². The van der Waals surface area contributed by atoms with Crippen molar-refractivity contribution in [2.45, 2.75) is 45.4 Å². The van der Waals surface area contributed by atoms with Gasteiger partial charge in [-0.15, -0.1) is 0 Å². The number of halogens is 2. The van der Waals surface area contributed by atoms with Gasteiger partial charge in [0.2, 0.25) is 0 Å². The molecule has 0 bridgehead atoms. The van der Waals surface area contributed by atoms with Crippen LogP contribution < -0.4 is 10.1 Å². The van der Waals surface area contributed by atoms with Gasteiger partial charge in [0.1, 0.15) is 5.75 Å². The molecule has 1 N–H and O–H groups in total. The Morgan fingerprint density at radius 3 is 2.86 bits per heavy atom. The number of nitrogens with one attached hydrogen (secondary N) is 1. The third kappa shape index (κ3) is 4.38. The van der Waals surface area contributed by atoms with E-state index in [1.54, 1.807) is 18.2 Å². The fourth-order valence-corrected chi connectivity index (χ4v) is 3.02. The molecular weight excluding hydrogens is 274 g/mol. The van der Waals surface area contributed by atoms with Gasteiger partial charge >= 0.3 is 6.61 Å². The maximum Gasteiger partial charge on any atom is 0.387 e. The number of nitrogens with zero attached hydrogens (tertiary/aromatic N) is 1. The van der Waals surface area contributed by atoms with E-state index in [2.05, 4.69) is 28.8 Å². The van der Waals surface area contributed by atoms with Gasteiger partial charge in [-0.3, -0.25) is 4.90 Å². The van der Waals surface area contributed by atoms with Crippen LogP contribution in [0, 0.1) is 0 Å². The van der Waals surface area contributed by atoms with Crippen molar-refractivity contribution in [1.29, 1.82) is 0 Å². The van der Waals surface area contributed by atoms with Crippen molar-refractivity contribution in [2.24, 2.45) is 0 Å². The average Bonchev–Trinajstić information content (AvgIpc) is 2.97. The first-order valence-electron chi connectivity index (χ1n) is 7.63. The third-order valence-corrected chi connectivity index (χ3v) is 4.05. The van der Waals surface area contributed by atoms with E-state index in [4.69, 9.17) is 0 Å². The highest BCUT2D eigenvalue weighted by Gasteiger charge is 2.26. The topological polar surface area (TPSA) is 24.5 Å². The van der Waals surface area contributed by atoms with E-state index in [-0.39, 0.29) is 11.8 Å². The number of hydrogen-bond acceptors (Lipinski definition) is 3. The lowest BCUT2D eigenvalue weighted by Crippen LogP contribution is -2.39. The Hall–Kier alpha value is -1.20. The van der Waals surface area contributed by atoms with Crippen LogP contribution in [0.2, 0.25) is 0 Å². The summed E-state index contributed by atoms with van der Waals surface area (Å²) in [5.74, 6) is 0.232. The van der Waals surface area contributed by atoms with Crippen molar-refractivity contribution >= 4 is 0 Å². The van der Waals surface area contributed by atoms with Crippen LogP contribution in [0.3, 0.4) is 0 Å². The highest BCUT2D eigenvalue weighted by Crippen LogP contribution is 2.28. The molecule has 21 heavy (non-hydrogen) atoms. The lowest BCUT2D eigenvalue weighted by atomic mass is 10.0. The Balaban J connectivity index is 2.13. The summed E-state index contributed by atoms with van der Waals surface area (Å²) in [6.07, 6.45) is 2.21. The summed E-state index contributed by atoms with van der Waals surface area (Å²) in [6.45, 7) is 4.58. The van der Waals surface area contributed by atoms with E-state index in [0.717, 1.165) is 38.0 Å². The number of rotatable bonds is 7. The van der Waals surface area contributed by atoms with Crippen LogP contribution >= 0.6 is 0 Å². The molecule has 0 amide bonds. The van der Waals surface area contributed by atoms with E-state index in [1.807, 2.05) is 6.07 Å². The Bertz CT molecular complexity index is 436. The Morgan fingerprint density at radius 2 is 2.24 bits per heavy atom. The maximum absolute atomic E-state index is 12.3. The third-order valence-electron chi connectivity index (χ3n) is 4.05. The average molecular weight is 298 g/mol. The van der Waals surface area contributed by atoms with E-state index in [9.17, 15) is 8.78 Å².